The van der Waals surface area contributed by atoms with E-state index in [9.17, 15) is 4.79 Å². The molecule has 0 fully saturated rings. The standard InChI is InChI=1S/C14H15BrN2O/c1-17(10-4-8-15)14(18)13-12-6-3-2-5-11(12)7-9-16-13/h2-3,5-7,9H,4,8,10H2,1H3. The summed E-state index contributed by atoms with van der Waals surface area (Å²) in [5.41, 5.74) is 0.533. The van der Waals surface area contributed by atoms with Crippen LogP contribution in [0.1, 0.15) is 16.9 Å². The number of benzene rings is 1. The van der Waals surface area contributed by atoms with E-state index in [0.29, 0.717) is 5.69 Å². The van der Waals surface area contributed by atoms with Gasteiger partial charge in [0.1, 0.15) is 5.69 Å². The maximum atomic E-state index is 12.3. The zero-order chi connectivity index (χ0) is 13.0. The molecule has 0 aliphatic carbocycles. The van der Waals surface area contributed by atoms with Gasteiger partial charge in [0, 0.05) is 30.5 Å². The number of rotatable bonds is 4. The van der Waals surface area contributed by atoms with Gasteiger partial charge in [-0.2, -0.15) is 0 Å². The van der Waals surface area contributed by atoms with Crippen LogP contribution >= 0.6 is 15.9 Å². The third-order valence-corrected chi connectivity index (χ3v) is 3.41. The minimum absolute atomic E-state index is 0.0206. The third kappa shape index (κ3) is 2.70. The summed E-state index contributed by atoms with van der Waals surface area (Å²) in [5, 5.41) is 2.86. The van der Waals surface area contributed by atoms with E-state index in [1.54, 1.807) is 11.1 Å². The molecule has 2 aromatic rings. The number of amides is 1. The minimum Gasteiger partial charge on any atom is -0.340 e. The number of carbonyl (C=O) groups is 1. The van der Waals surface area contributed by atoms with Crippen LogP contribution in [0, 0.1) is 0 Å². The summed E-state index contributed by atoms with van der Waals surface area (Å²) >= 11 is 3.37. The lowest BCUT2D eigenvalue weighted by Gasteiger charge is -2.16. The van der Waals surface area contributed by atoms with Crippen molar-refractivity contribution in [2.45, 2.75) is 6.42 Å². The lowest BCUT2D eigenvalue weighted by molar-refractivity contribution is 0.0792. The number of fused-ring (bicyclic) bond motifs is 1. The molecule has 4 heteroatoms. The molecule has 0 atom stereocenters. The van der Waals surface area contributed by atoms with Crippen LogP contribution in [0.25, 0.3) is 10.8 Å². The molecule has 0 bridgehead atoms. The molecule has 0 aliphatic heterocycles. The summed E-state index contributed by atoms with van der Waals surface area (Å²) in [4.78, 5) is 18.3. The Hall–Kier alpha value is -1.42. The number of aromatic nitrogens is 1. The molecule has 94 valence electrons. The summed E-state index contributed by atoms with van der Waals surface area (Å²) in [6, 6.07) is 9.75. The van der Waals surface area contributed by atoms with Crippen LogP contribution < -0.4 is 0 Å². The van der Waals surface area contributed by atoms with Crippen molar-refractivity contribution in [3.05, 3.63) is 42.2 Å². The topological polar surface area (TPSA) is 33.2 Å². The van der Waals surface area contributed by atoms with E-state index in [4.69, 9.17) is 0 Å². The van der Waals surface area contributed by atoms with E-state index < -0.39 is 0 Å². The molecule has 0 aliphatic rings. The zero-order valence-corrected chi connectivity index (χ0v) is 11.9. The summed E-state index contributed by atoms with van der Waals surface area (Å²) in [6.07, 6.45) is 2.63. The Labute approximate surface area is 115 Å². The van der Waals surface area contributed by atoms with Crippen molar-refractivity contribution < 1.29 is 4.79 Å². The molecule has 0 saturated carbocycles. The Morgan fingerprint density at radius 3 is 2.89 bits per heavy atom. The molecule has 2 rings (SSSR count). The fraction of sp³-hybridized carbons (Fsp3) is 0.286. The largest absolute Gasteiger partial charge is 0.340 e. The highest BCUT2D eigenvalue weighted by atomic mass is 79.9. The Morgan fingerprint density at radius 2 is 2.11 bits per heavy atom. The van der Waals surface area contributed by atoms with Gasteiger partial charge in [-0.3, -0.25) is 9.78 Å². The van der Waals surface area contributed by atoms with Crippen molar-refractivity contribution >= 4 is 32.6 Å². The number of nitrogens with zero attached hydrogens (tertiary/aromatic N) is 2. The molecule has 1 aromatic heterocycles. The quantitative estimate of drug-likeness (QED) is 0.813. The average Bonchev–Trinajstić information content (AvgIpc) is 2.43. The molecule has 18 heavy (non-hydrogen) atoms. The zero-order valence-electron chi connectivity index (χ0n) is 10.3. The van der Waals surface area contributed by atoms with Crippen LogP contribution in [0.2, 0.25) is 0 Å². The number of halogens is 1. The van der Waals surface area contributed by atoms with Gasteiger partial charge in [0.15, 0.2) is 0 Å². The summed E-state index contributed by atoms with van der Waals surface area (Å²) in [6.45, 7) is 0.731. The Bertz CT molecular complexity index is 551. The van der Waals surface area contributed by atoms with Gasteiger partial charge in [-0.1, -0.05) is 40.2 Å². The molecule has 0 spiro atoms. The van der Waals surface area contributed by atoms with Gasteiger partial charge in [0.2, 0.25) is 0 Å². The van der Waals surface area contributed by atoms with Crippen LogP contribution in [0.5, 0.6) is 0 Å². The van der Waals surface area contributed by atoms with E-state index in [2.05, 4.69) is 20.9 Å². The van der Waals surface area contributed by atoms with Gasteiger partial charge >= 0.3 is 0 Å². The van der Waals surface area contributed by atoms with E-state index in [1.165, 1.54) is 0 Å². The molecule has 1 amide bonds. The predicted octanol–water partition coefficient (Wildman–Crippen LogP) is 3.09. The van der Waals surface area contributed by atoms with Gasteiger partial charge in [-0.05, 0) is 17.9 Å². The molecule has 0 N–H and O–H groups in total. The number of hydrogen-bond donors (Lipinski definition) is 0. The first-order valence-electron chi connectivity index (χ1n) is 5.89. The Kier molecular flexibility index (Phi) is 4.31. The highest BCUT2D eigenvalue weighted by Gasteiger charge is 2.15. The SMILES string of the molecule is CN(CCCBr)C(=O)c1nccc2ccccc12. The van der Waals surface area contributed by atoms with Crippen molar-refractivity contribution in [2.24, 2.45) is 0 Å². The summed E-state index contributed by atoms with van der Waals surface area (Å²) < 4.78 is 0. The monoisotopic (exact) mass is 306 g/mol. The van der Waals surface area contributed by atoms with Gasteiger partial charge in [-0.15, -0.1) is 0 Å². The molecule has 0 unspecified atom stereocenters. The van der Waals surface area contributed by atoms with E-state index >= 15 is 0 Å². The van der Waals surface area contributed by atoms with Crippen molar-refractivity contribution in [1.29, 1.82) is 0 Å². The molecule has 1 aromatic carbocycles. The van der Waals surface area contributed by atoms with Crippen LogP contribution in [0.4, 0.5) is 0 Å². The van der Waals surface area contributed by atoms with E-state index in [0.717, 1.165) is 29.1 Å². The van der Waals surface area contributed by atoms with Crippen molar-refractivity contribution in [3.63, 3.8) is 0 Å². The number of pyridine rings is 1. The first kappa shape index (κ1) is 13.0. The van der Waals surface area contributed by atoms with Gasteiger partial charge in [0.05, 0.1) is 0 Å². The van der Waals surface area contributed by atoms with Gasteiger partial charge in [-0.25, -0.2) is 0 Å². The molecule has 3 nitrogen and oxygen atoms in total. The fourth-order valence-electron chi connectivity index (χ4n) is 1.87. The van der Waals surface area contributed by atoms with Gasteiger partial charge in [0.25, 0.3) is 5.91 Å². The Balaban J connectivity index is 2.33. The lowest BCUT2D eigenvalue weighted by Crippen LogP contribution is -2.28. The first-order valence-corrected chi connectivity index (χ1v) is 7.01. The van der Waals surface area contributed by atoms with Crippen LogP contribution in [0.15, 0.2) is 36.5 Å². The second kappa shape index (κ2) is 5.96. The second-order valence-corrected chi connectivity index (χ2v) is 4.94. The predicted molar refractivity (Wildman–Crippen MR) is 77.1 cm³/mol. The Morgan fingerprint density at radius 1 is 1.33 bits per heavy atom. The van der Waals surface area contributed by atoms with Crippen molar-refractivity contribution in [1.82, 2.24) is 9.88 Å². The van der Waals surface area contributed by atoms with Crippen LogP contribution in [-0.2, 0) is 0 Å². The molecule has 1 heterocycles. The minimum atomic E-state index is -0.0206. The van der Waals surface area contributed by atoms with Gasteiger partial charge < -0.3 is 4.90 Å². The van der Waals surface area contributed by atoms with Crippen molar-refractivity contribution in [2.75, 3.05) is 18.9 Å². The highest BCUT2D eigenvalue weighted by molar-refractivity contribution is 9.09. The molecular formula is C14H15BrN2O. The number of alkyl halides is 1. The van der Waals surface area contributed by atoms with E-state index in [1.807, 2.05) is 37.4 Å². The molecule has 0 radical (unpaired) electrons. The highest BCUT2D eigenvalue weighted by Crippen LogP contribution is 2.17. The fourth-order valence-corrected chi connectivity index (χ4v) is 2.12. The maximum absolute atomic E-state index is 12.3. The number of hydrogen-bond acceptors (Lipinski definition) is 2. The summed E-state index contributed by atoms with van der Waals surface area (Å²) in [7, 11) is 1.81. The van der Waals surface area contributed by atoms with E-state index in [-0.39, 0.29) is 5.91 Å². The van der Waals surface area contributed by atoms with Crippen LogP contribution in [-0.4, -0.2) is 34.7 Å². The first-order chi connectivity index (χ1) is 8.74. The average molecular weight is 307 g/mol. The number of carbonyl (C=O) groups excluding carboxylic acids is 1. The second-order valence-electron chi connectivity index (χ2n) is 4.15. The smallest absolute Gasteiger partial charge is 0.272 e. The summed E-state index contributed by atoms with van der Waals surface area (Å²) in [5.74, 6) is -0.0206. The van der Waals surface area contributed by atoms with Crippen molar-refractivity contribution in [3.8, 4) is 0 Å². The van der Waals surface area contributed by atoms with Crippen LogP contribution in [0.3, 0.4) is 0 Å². The molecule has 0 saturated heterocycles. The lowest BCUT2D eigenvalue weighted by atomic mass is 10.1. The normalized spacial score (nSPS) is 10.6. The maximum Gasteiger partial charge on any atom is 0.272 e. The third-order valence-electron chi connectivity index (χ3n) is 2.85. The molecular weight excluding hydrogens is 292 g/mol.